The number of nitrogens with zero attached hydrogens (tertiary/aromatic N) is 1. The molecule has 1 atom stereocenters. The minimum atomic E-state index is -0.810. The van der Waals surface area contributed by atoms with Crippen LogP contribution in [0.4, 0.5) is 0 Å². The van der Waals surface area contributed by atoms with Crippen LogP contribution in [0.25, 0.3) is 0 Å². The number of alkyl halides is 1. The molecule has 0 aromatic heterocycles. The number of halogens is 1. The van der Waals surface area contributed by atoms with Gasteiger partial charge in [-0.15, -0.1) is 0 Å². The zero-order valence-corrected chi connectivity index (χ0v) is 8.73. The summed E-state index contributed by atoms with van der Waals surface area (Å²) in [4.78, 5) is 4.62. The summed E-state index contributed by atoms with van der Waals surface area (Å²) >= 11 is 3.02. The molecular formula is C9H10BrNO2. The van der Waals surface area contributed by atoms with Crippen LogP contribution in [0.5, 0.6) is 0 Å². The molecule has 0 aliphatic rings. The van der Waals surface area contributed by atoms with Crippen molar-refractivity contribution in [3.63, 3.8) is 0 Å². The lowest BCUT2D eigenvalue weighted by atomic mass is 10.1. The molecule has 0 heterocycles. The van der Waals surface area contributed by atoms with Crippen molar-refractivity contribution in [2.75, 3.05) is 7.11 Å². The Morgan fingerprint density at radius 1 is 1.46 bits per heavy atom. The van der Waals surface area contributed by atoms with Crippen LogP contribution in [0, 0.1) is 0 Å². The van der Waals surface area contributed by atoms with E-state index in [-0.39, 0.29) is 0 Å². The maximum absolute atomic E-state index is 9.30. The van der Waals surface area contributed by atoms with Gasteiger partial charge in [-0.3, -0.25) is 0 Å². The highest BCUT2D eigenvalue weighted by Gasteiger charge is 2.11. The smallest absolute Gasteiger partial charge is 0.154 e. The molecule has 3 nitrogen and oxygen atoms in total. The average molecular weight is 244 g/mol. The van der Waals surface area contributed by atoms with E-state index in [0.717, 1.165) is 5.56 Å². The van der Waals surface area contributed by atoms with E-state index in [1.165, 1.54) is 7.11 Å². The summed E-state index contributed by atoms with van der Waals surface area (Å²) in [5.41, 5.74) is 1.29. The van der Waals surface area contributed by atoms with Gasteiger partial charge in [0.25, 0.3) is 0 Å². The second-order valence-electron chi connectivity index (χ2n) is 2.36. The molecular weight excluding hydrogens is 234 g/mol. The number of hydrogen-bond donors (Lipinski definition) is 1. The summed E-state index contributed by atoms with van der Waals surface area (Å²) in [7, 11) is 1.44. The Morgan fingerprint density at radius 3 is 2.54 bits per heavy atom. The Bertz CT molecular complexity index is 285. The second kappa shape index (κ2) is 4.99. The Labute approximate surface area is 85.2 Å². The van der Waals surface area contributed by atoms with Crippen molar-refractivity contribution < 1.29 is 9.94 Å². The molecule has 4 heteroatoms. The molecule has 0 saturated carbocycles. The quantitative estimate of drug-likeness (QED) is 0.500. The lowest BCUT2D eigenvalue weighted by Gasteiger charge is -2.06. The first kappa shape index (κ1) is 10.2. The van der Waals surface area contributed by atoms with Crippen molar-refractivity contribution in [1.29, 1.82) is 0 Å². The van der Waals surface area contributed by atoms with E-state index < -0.39 is 5.01 Å². The van der Waals surface area contributed by atoms with E-state index >= 15 is 0 Å². The van der Waals surface area contributed by atoms with Gasteiger partial charge in [0, 0.05) is 5.56 Å². The predicted molar refractivity (Wildman–Crippen MR) is 54.9 cm³/mol. The largest absolute Gasteiger partial charge is 0.399 e. The van der Waals surface area contributed by atoms with Gasteiger partial charge < -0.3 is 9.94 Å². The topological polar surface area (TPSA) is 41.8 Å². The van der Waals surface area contributed by atoms with E-state index in [9.17, 15) is 5.11 Å². The van der Waals surface area contributed by atoms with Crippen molar-refractivity contribution in [2.45, 2.75) is 5.01 Å². The standard InChI is InChI=1S/C9H10BrNO2/c1-13-11-8(9(10)12)7-5-3-2-4-6-7/h2-6,9,12H,1H3. The van der Waals surface area contributed by atoms with Gasteiger partial charge in [0.1, 0.15) is 12.8 Å². The zero-order chi connectivity index (χ0) is 9.68. The number of aliphatic hydroxyl groups excluding tert-OH is 1. The summed E-state index contributed by atoms with van der Waals surface area (Å²) in [5, 5.41) is 12.2. The summed E-state index contributed by atoms with van der Waals surface area (Å²) in [5.74, 6) is 0. The van der Waals surface area contributed by atoms with E-state index in [1.807, 2.05) is 30.3 Å². The first-order valence-electron chi connectivity index (χ1n) is 3.74. The minimum absolute atomic E-state index is 0.461. The average Bonchev–Trinajstić information content (AvgIpc) is 2.15. The Balaban J connectivity index is 2.96. The molecule has 13 heavy (non-hydrogen) atoms. The normalized spacial score (nSPS) is 13.9. The maximum atomic E-state index is 9.30. The SMILES string of the molecule is CON=C(c1ccccc1)C(O)Br. The maximum Gasteiger partial charge on any atom is 0.154 e. The number of oxime groups is 1. The molecule has 0 radical (unpaired) electrons. The van der Waals surface area contributed by atoms with Gasteiger partial charge >= 0.3 is 0 Å². The molecule has 1 rings (SSSR count). The molecule has 0 amide bonds. The van der Waals surface area contributed by atoms with E-state index in [1.54, 1.807) is 0 Å². The van der Waals surface area contributed by atoms with Gasteiger partial charge in [0.05, 0.1) is 0 Å². The van der Waals surface area contributed by atoms with Crippen LogP contribution in [-0.4, -0.2) is 22.9 Å². The molecule has 0 spiro atoms. The summed E-state index contributed by atoms with van der Waals surface area (Å²) in [6.45, 7) is 0. The molecule has 1 unspecified atom stereocenters. The van der Waals surface area contributed by atoms with Crippen molar-refractivity contribution in [3.05, 3.63) is 35.9 Å². The zero-order valence-electron chi connectivity index (χ0n) is 7.14. The van der Waals surface area contributed by atoms with Crippen LogP contribution in [0.1, 0.15) is 5.56 Å². The molecule has 0 aliphatic carbocycles. The summed E-state index contributed by atoms with van der Waals surface area (Å²) in [6.07, 6.45) is 0. The number of benzene rings is 1. The second-order valence-corrected chi connectivity index (χ2v) is 3.23. The summed E-state index contributed by atoms with van der Waals surface area (Å²) < 4.78 is 0. The molecule has 0 bridgehead atoms. The van der Waals surface area contributed by atoms with Crippen LogP contribution >= 0.6 is 15.9 Å². The minimum Gasteiger partial charge on any atom is -0.399 e. The fourth-order valence-electron chi connectivity index (χ4n) is 0.941. The highest BCUT2D eigenvalue weighted by Crippen LogP contribution is 2.09. The van der Waals surface area contributed by atoms with Gasteiger partial charge in [0.15, 0.2) is 5.01 Å². The number of aliphatic hydroxyl groups is 1. The van der Waals surface area contributed by atoms with Crippen LogP contribution in [0.3, 0.4) is 0 Å². The van der Waals surface area contributed by atoms with E-state index in [2.05, 4.69) is 25.9 Å². The van der Waals surface area contributed by atoms with Crippen LogP contribution in [0.2, 0.25) is 0 Å². The van der Waals surface area contributed by atoms with Gasteiger partial charge in [0.2, 0.25) is 0 Å². The van der Waals surface area contributed by atoms with E-state index in [0.29, 0.717) is 5.71 Å². The van der Waals surface area contributed by atoms with Gasteiger partial charge in [-0.2, -0.15) is 0 Å². The highest BCUT2D eigenvalue weighted by molar-refractivity contribution is 9.09. The first-order valence-corrected chi connectivity index (χ1v) is 4.66. The molecule has 0 aliphatic heterocycles. The Kier molecular flexibility index (Phi) is 3.92. The van der Waals surface area contributed by atoms with Crippen molar-refractivity contribution in [1.82, 2.24) is 0 Å². The molecule has 0 fully saturated rings. The van der Waals surface area contributed by atoms with Gasteiger partial charge in [-0.25, -0.2) is 0 Å². The third kappa shape index (κ3) is 2.82. The first-order chi connectivity index (χ1) is 6.25. The highest BCUT2D eigenvalue weighted by atomic mass is 79.9. The lowest BCUT2D eigenvalue weighted by molar-refractivity contribution is 0.208. The Morgan fingerprint density at radius 2 is 2.08 bits per heavy atom. The molecule has 0 saturated heterocycles. The van der Waals surface area contributed by atoms with Crippen molar-refractivity contribution in [3.8, 4) is 0 Å². The van der Waals surface area contributed by atoms with Gasteiger partial charge in [-0.1, -0.05) is 51.4 Å². The van der Waals surface area contributed by atoms with Crippen molar-refractivity contribution >= 4 is 21.6 Å². The van der Waals surface area contributed by atoms with Crippen molar-refractivity contribution in [2.24, 2.45) is 5.16 Å². The van der Waals surface area contributed by atoms with Crippen LogP contribution in [-0.2, 0) is 4.84 Å². The number of rotatable bonds is 3. The molecule has 1 N–H and O–H groups in total. The number of hydrogen-bond acceptors (Lipinski definition) is 3. The van der Waals surface area contributed by atoms with Crippen LogP contribution in [0.15, 0.2) is 35.5 Å². The lowest BCUT2D eigenvalue weighted by Crippen LogP contribution is -2.14. The monoisotopic (exact) mass is 243 g/mol. The fourth-order valence-corrected chi connectivity index (χ4v) is 1.29. The predicted octanol–water partition coefficient (Wildman–Crippen LogP) is 1.75. The van der Waals surface area contributed by atoms with E-state index in [4.69, 9.17) is 0 Å². The summed E-state index contributed by atoms with van der Waals surface area (Å²) in [6, 6.07) is 9.34. The fraction of sp³-hybridized carbons (Fsp3) is 0.222. The molecule has 1 aromatic rings. The third-order valence-electron chi connectivity index (χ3n) is 1.48. The third-order valence-corrected chi connectivity index (χ3v) is 1.92. The molecule has 70 valence electrons. The Hall–Kier alpha value is -0.870. The van der Waals surface area contributed by atoms with Crippen LogP contribution < -0.4 is 0 Å². The molecule has 1 aromatic carbocycles. The van der Waals surface area contributed by atoms with Gasteiger partial charge in [-0.05, 0) is 0 Å².